The van der Waals surface area contributed by atoms with Crippen molar-refractivity contribution in [3.63, 3.8) is 0 Å². The molecule has 2 aromatic rings. The number of esters is 1. The first-order valence-corrected chi connectivity index (χ1v) is 12.5. The van der Waals surface area contributed by atoms with Gasteiger partial charge in [0.2, 0.25) is 0 Å². The number of carbonyl (C=O) groups is 1. The van der Waals surface area contributed by atoms with Gasteiger partial charge >= 0.3 is 16.4 Å². The van der Waals surface area contributed by atoms with Crippen molar-refractivity contribution < 1.29 is 35.5 Å². The Labute approximate surface area is 199 Å². The summed E-state index contributed by atoms with van der Waals surface area (Å²) in [6.45, 7) is 5.43. The van der Waals surface area contributed by atoms with Gasteiger partial charge in [-0.2, -0.15) is 8.42 Å². The predicted molar refractivity (Wildman–Crippen MR) is 125 cm³/mol. The molecule has 0 unspecified atom stereocenters. The fourth-order valence-electron chi connectivity index (χ4n) is 3.70. The Balaban J connectivity index is 1.42. The Morgan fingerprint density at radius 3 is 2.76 bits per heavy atom. The van der Waals surface area contributed by atoms with E-state index in [1.54, 1.807) is 24.9 Å². The quantitative estimate of drug-likeness (QED) is 0.229. The van der Waals surface area contributed by atoms with Crippen molar-refractivity contribution in [1.29, 1.82) is 0 Å². The molecule has 0 amide bonds. The second-order valence-electron chi connectivity index (χ2n) is 8.57. The van der Waals surface area contributed by atoms with Crippen molar-refractivity contribution in [2.24, 2.45) is 5.92 Å². The van der Waals surface area contributed by atoms with Gasteiger partial charge in [-0.05, 0) is 81.2 Å². The van der Waals surface area contributed by atoms with Gasteiger partial charge in [-0.1, -0.05) is 18.6 Å². The minimum Gasteiger partial charge on any atom is -0.472 e. The first-order valence-electron chi connectivity index (χ1n) is 11.2. The lowest BCUT2D eigenvalue weighted by Crippen LogP contribution is -2.05. The Kier molecular flexibility index (Phi) is 8.57. The largest absolute Gasteiger partial charge is 0.472 e. The maximum absolute atomic E-state index is 11.7. The van der Waals surface area contributed by atoms with Gasteiger partial charge in [0.05, 0.1) is 24.4 Å². The minimum absolute atomic E-state index is 0.000994. The number of aryl methyl sites for hydroxylation is 1. The smallest absolute Gasteiger partial charge is 0.446 e. The summed E-state index contributed by atoms with van der Waals surface area (Å²) >= 11 is 0. The standard InChI is InChI=1S/C25H30O8S/c1-17(7-5-9-20-13-22(31-16-20)14-21-10-11-30-15-21)6-4-8-18(2)12-23-24(33-34(27,28)29)19(3)25(26)32-23/h7,10-13,15-16,18H,4-6,8-9,14H2,1-3H3,(H,27,28,29)/b17-7+,23-12-/t18-/m1/s1. The summed E-state index contributed by atoms with van der Waals surface area (Å²) in [5.41, 5.74) is 3.54. The molecule has 0 spiro atoms. The number of cyclic esters (lactones) is 1. The van der Waals surface area contributed by atoms with Crippen LogP contribution in [0, 0.1) is 5.92 Å². The van der Waals surface area contributed by atoms with Crippen molar-refractivity contribution >= 4 is 16.4 Å². The van der Waals surface area contributed by atoms with Gasteiger partial charge in [-0.3, -0.25) is 4.55 Å². The first-order chi connectivity index (χ1) is 16.1. The minimum atomic E-state index is -4.75. The van der Waals surface area contributed by atoms with Crippen LogP contribution in [0.2, 0.25) is 0 Å². The molecule has 8 nitrogen and oxygen atoms in total. The number of hydrogen-bond acceptors (Lipinski definition) is 7. The highest BCUT2D eigenvalue weighted by Gasteiger charge is 2.31. The molecule has 0 aromatic carbocycles. The number of furan rings is 2. The average Bonchev–Trinajstić information content (AvgIpc) is 3.47. The van der Waals surface area contributed by atoms with Crippen molar-refractivity contribution in [3.05, 3.63) is 82.6 Å². The molecule has 1 atom stereocenters. The zero-order valence-electron chi connectivity index (χ0n) is 19.6. The summed E-state index contributed by atoms with van der Waals surface area (Å²) in [6.07, 6.45) is 14.3. The topological polar surface area (TPSA) is 116 Å². The summed E-state index contributed by atoms with van der Waals surface area (Å²) in [4.78, 5) is 11.7. The maximum atomic E-state index is 11.7. The van der Waals surface area contributed by atoms with E-state index in [9.17, 15) is 13.2 Å². The third-order valence-corrected chi connectivity index (χ3v) is 5.90. The van der Waals surface area contributed by atoms with Crippen LogP contribution in [0.4, 0.5) is 0 Å². The van der Waals surface area contributed by atoms with Crippen LogP contribution in [-0.4, -0.2) is 18.9 Å². The van der Waals surface area contributed by atoms with Crippen LogP contribution in [0.25, 0.3) is 0 Å². The maximum Gasteiger partial charge on any atom is 0.446 e. The molecule has 0 aliphatic carbocycles. The Bertz CT molecular complexity index is 1180. The molecule has 9 heteroatoms. The number of carbonyl (C=O) groups excluding carboxylic acids is 1. The molecular weight excluding hydrogens is 460 g/mol. The third kappa shape index (κ3) is 7.78. The van der Waals surface area contributed by atoms with E-state index in [0.29, 0.717) is 0 Å². The average molecular weight is 491 g/mol. The van der Waals surface area contributed by atoms with Gasteiger partial charge in [0, 0.05) is 6.42 Å². The fraction of sp³-hybridized carbons (Fsp3) is 0.400. The van der Waals surface area contributed by atoms with Crippen LogP contribution in [-0.2, 0) is 37.0 Å². The van der Waals surface area contributed by atoms with Gasteiger partial charge < -0.3 is 17.8 Å². The highest BCUT2D eigenvalue weighted by molar-refractivity contribution is 7.81. The van der Waals surface area contributed by atoms with Crippen LogP contribution in [0.1, 0.15) is 63.3 Å². The first kappa shape index (κ1) is 25.6. The summed E-state index contributed by atoms with van der Waals surface area (Å²) in [5.74, 6) is 0.00115. The second-order valence-corrected chi connectivity index (χ2v) is 9.60. The monoisotopic (exact) mass is 490 g/mol. The molecule has 0 saturated heterocycles. The van der Waals surface area contributed by atoms with E-state index in [-0.39, 0.29) is 23.0 Å². The van der Waals surface area contributed by atoms with Crippen LogP contribution in [0.5, 0.6) is 0 Å². The molecule has 1 aliphatic heterocycles. The summed E-state index contributed by atoms with van der Waals surface area (Å²) in [5, 5.41) is 0. The molecule has 1 N–H and O–H groups in total. The van der Waals surface area contributed by atoms with Crippen molar-refractivity contribution in [3.8, 4) is 0 Å². The molecule has 0 saturated carbocycles. The molecule has 0 radical (unpaired) electrons. The van der Waals surface area contributed by atoms with E-state index in [4.69, 9.17) is 18.1 Å². The van der Waals surface area contributed by atoms with Crippen LogP contribution >= 0.6 is 0 Å². The lowest BCUT2D eigenvalue weighted by molar-refractivity contribution is -0.133. The van der Waals surface area contributed by atoms with Gasteiger partial charge in [-0.25, -0.2) is 4.79 Å². The number of rotatable bonds is 12. The SMILES string of the molecule is CC1=C(OS(=O)(=O)O)/C(=C/[C@H](C)CCC/C(C)=C/CCc2coc(Cc3ccoc3)c2)OC1=O. The van der Waals surface area contributed by atoms with E-state index in [1.165, 1.54) is 18.1 Å². The van der Waals surface area contributed by atoms with E-state index in [2.05, 4.69) is 23.2 Å². The zero-order chi connectivity index (χ0) is 24.7. The number of ether oxygens (including phenoxy) is 1. The van der Waals surface area contributed by atoms with Gasteiger partial charge in [-0.15, -0.1) is 0 Å². The van der Waals surface area contributed by atoms with Crippen molar-refractivity contribution in [1.82, 2.24) is 0 Å². The zero-order valence-corrected chi connectivity index (χ0v) is 20.4. The highest BCUT2D eigenvalue weighted by Crippen LogP contribution is 2.30. The fourth-order valence-corrected chi connectivity index (χ4v) is 4.11. The second kappa shape index (κ2) is 11.4. The summed E-state index contributed by atoms with van der Waals surface area (Å²) < 4.78 is 51.4. The molecule has 3 rings (SSSR count). The summed E-state index contributed by atoms with van der Waals surface area (Å²) in [7, 11) is -4.75. The van der Waals surface area contributed by atoms with Crippen molar-refractivity contribution in [2.75, 3.05) is 0 Å². The van der Waals surface area contributed by atoms with Crippen LogP contribution < -0.4 is 0 Å². The number of allylic oxidation sites excluding steroid dienone is 3. The predicted octanol–water partition coefficient (Wildman–Crippen LogP) is 5.68. The Hall–Kier alpha value is -3.04. The highest BCUT2D eigenvalue weighted by atomic mass is 32.3. The molecule has 0 fully saturated rings. The summed E-state index contributed by atoms with van der Waals surface area (Å²) in [6, 6.07) is 4.01. The molecule has 34 heavy (non-hydrogen) atoms. The Morgan fingerprint density at radius 2 is 2.06 bits per heavy atom. The number of hydrogen-bond donors (Lipinski definition) is 1. The molecule has 0 bridgehead atoms. The molecule has 1 aliphatic rings. The lowest BCUT2D eigenvalue weighted by atomic mass is 9.99. The van der Waals surface area contributed by atoms with E-state index in [0.717, 1.165) is 49.8 Å². The van der Waals surface area contributed by atoms with E-state index in [1.807, 2.05) is 13.0 Å². The molecule has 184 valence electrons. The van der Waals surface area contributed by atoms with Gasteiger partial charge in [0.15, 0.2) is 11.5 Å². The molecule has 3 heterocycles. The third-order valence-electron chi connectivity index (χ3n) is 5.52. The van der Waals surface area contributed by atoms with Gasteiger partial charge in [0.1, 0.15) is 5.76 Å². The molecular formula is C25H30O8S. The van der Waals surface area contributed by atoms with Crippen LogP contribution in [0.15, 0.2) is 74.6 Å². The Morgan fingerprint density at radius 1 is 1.26 bits per heavy atom. The normalized spacial score (nSPS) is 16.9. The van der Waals surface area contributed by atoms with E-state index >= 15 is 0 Å². The van der Waals surface area contributed by atoms with Crippen molar-refractivity contribution in [2.45, 2.75) is 59.3 Å². The van der Waals surface area contributed by atoms with E-state index < -0.39 is 16.4 Å². The van der Waals surface area contributed by atoms with Gasteiger partial charge in [0.25, 0.3) is 0 Å². The lowest BCUT2D eigenvalue weighted by Gasteiger charge is -2.09. The molecule has 2 aromatic heterocycles. The van der Waals surface area contributed by atoms with Crippen LogP contribution in [0.3, 0.4) is 0 Å².